The third kappa shape index (κ3) is 1.48. The molecule has 0 amide bonds. The second-order valence-corrected chi connectivity index (χ2v) is 4.09. The first-order chi connectivity index (χ1) is 6.29. The summed E-state index contributed by atoms with van der Waals surface area (Å²) in [5.41, 5.74) is 2.33. The summed E-state index contributed by atoms with van der Waals surface area (Å²) in [4.78, 5) is 8.21. The molecule has 0 N–H and O–H groups in total. The van der Waals surface area contributed by atoms with Gasteiger partial charge in [0, 0.05) is 11.1 Å². The Morgan fingerprint density at radius 1 is 1.46 bits per heavy atom. The van der Waals surface area contributed by atoms with Crippen molar-refractivity contribution in [2.45, 2.75) is 13.8 Å². The summed E-state index contributed by atoms with van der Waals surface area (Å²) in [6.45, 7) is 4.29. The topological polar surface area (TPSA) is 24.7 Å². The molecular formula is C10H10N2S. The average Bonchev–Trinajstić information content (AvgIpc) is 2.44. The summed E-state index contributed by atoms with van der Waals surface area (Å²) in [5.74, 6) is 3.47. The number of thiophene rings is 1. The summed E-state index contributed by atoms with van der Waals surface area (Å²) >= 11 is 1.64. The molecule has 1 aromatic rings. The summed E-state index contributed by atoms with van der Waals surface area (Å²) < 4.78 is 0. The van der Waals surface area contributed by atoms with Gasteiger partial charge in [-0.3, -0.25) is 0 Å². The Hall–Kier alpha value is -1.18. The van der Waals surface area contributed by atoms with Crippen LogP contribution < -0.4 is 0 Å². The first kappa shape index (κ1) is 8.42. The second-order valence-electron chi connectivity index (χ2n) is 3.19. The van der Waals surface area contributed by atoms with E-state index in [1.165, 1.54) is 5.56 Å². The van der Waals surface area contributed by atoms with Crippen LogP contribution in [0.2, 0.25) is 0 Å². The smallest absolute Gasteiger partial charge is 0.127 e. The van der Waals surface area contributed by atoms with E-state index in [9.17, 15) is 0 Å². The van der Waals surface area contributed by atoms with Crippen molar-refractivity contribution in [2.24, 2.45) is 15.9 Å². The normalized spacial score (nSPS) is 14.2. The van der Waals surface area contributed by atoms with E-state index in [0.29, 0.717) is 5.92 Å². The zero-order chi connectivity index (χ0) is 9.26. The Balaban J connectivity index is 2.60. The predicted octanol–water partition coefficient (Wildman–Crippen LogP) is 3.13. The van der Waals surface area contributed by atoms with Gasteiger partial charge >= 0.3 is 0 Å². The van der Waals surface area contributed by atoms with Crippen LogP contribution in [0.4, 0.5) is 5.00 Å². The zero-order valence-electron chi connectivity index (χ0n) is 7.61. The first-order valence-electron chi connectivity index (χ1n) is 4.22. The summed E-state index contributed by atoms with van der Waals surface area (Å²) in [6, 6.07) is 2.08. The minimum absolute atomic E-state index is 0.443. The highest BCUT2D eigenvalue weighted by molar-refractivity contribution is 7.14. The number of nitrogens with zero attached hydrogens (tertiary/aromatic N) is 2. The van der Waals surface area contributed by atoms with E-state index >= 15 is 0 Å². The van der Waals surface area contributed by atoms with Gasteiger partial charge in [0.2, 0.25) is 0 Å². The lowest BCUT2D eigenvalue weighted by atomic mass is 9.99. The maximum absolute atomic E-state index is 4.22. The molecule has 0 aliphatic carbocycles. The van der Waals surface area contributed by atoms with Gasteiger partial charge in [-0.1, -0.05) is 13.8 Å². The van der Waals surface area contributed by atoms with Crippen molar-refractivity contribution in [3.63, 3.8) is 0 Å². The Labute approximate surface area is 81.4 Å². The minimum atomic E-state index is 0.443. The van der Waals surface area contributed by atoms with Gasteiger partial charge < -0.3 is 0 Å². The van der Waals surface area contributed by atoms with Crippen LogP contribution >= 0.6 is 11.3 Å². The molecule has 13 heavy (non-hydrogen) atoms. The number of hydrogen-bond donors (Lipinski definition) is 0. The Morgan fingerprint density at radius 2 is 2.31 bits per heavy atom. The molecule has 1 aliphatic heterocycles. The van der Waals surface area contributed by atoms with Crippen LogP contribution in [0, 0.1) is 5.92 Å². The molecule has 66 valence electrons. The van der Waals surface area contributed by atoms with Crippen LogP contribution in [0.15, 0.2) is 21.4 Å². The predicted molar refractivity (Wildman–Crippen MR) is 58.2 cm³/mol. The number of allylic oxidation sites excluding steroid dienone is 1. The quantitative estimate of drug-likeness (QED) is 0.650. The summed E-state index contributed by atoms with van der Waals surface area (Å²) in [6.07, 6.45) is 1.56. The molecule has 0 aromatic carbocycles. The zero-order valence-corrected chi connectivity index (χ0v) is 8.43. The van der Waals surface area contributed by atoms with E-state index in [1.54, 1.807) is 17.7 Å². The molecule has 0 unspecified atom stereocenters. The molecule has 0 atom stereocenters. The highest BCUT2D eigenvalue weighted by Crippen LogP contribution is 2.34. The van der Waals surface area contributed by atoms with Gasteiger partial charge in [-0.05, 0) is 23.2 Å². The van der Waals surface area contributed by atoms with Crippen molar-refractivity contribution in [1.82, 2.24) is 0 Å². The van der Waals surface area contributed by atoms with E-state index in [4.69, 9.17) is 0 Å². The maximum Gasteiger partial charge on any atom is 0.127 e. The van der Waals surface area contributed by atoms with Gasteiger partial charge in [0.15, 0.2) is 0 Å². The Morgan fingerprint density at radius 3 is 3.08 bits per heavy atom. The molecule has 2 rings (SSSR count). The van der Waals surface area contributed by atoms with Gasteiger partial charge in [0.25, 0.3) is 0 Å². The molecule has 0 bridgehead atoms. The van der Waals surface area contributed by atoms with E-state index in [1.807, 2.05) is 0 Å². The van der Waals surface area contributed by atoms with Crippen LogP contribution in [-0.2, 0) is 0 Å². The van der Waals surface area contributed by atoms with E-state index < -0.39 is 0 Å². The van der Waals surface area contributed by atoms with E-state index in [-0.39, 0.29) is 0 Å². The van der Waals surface area contributed by atoms with Crippen molar-refractivity contribution in [3.05, 3.63) is 17.0 Å². The van der Waals surface area contributed by atoms with Crippen LogP contribution in [-0.4, -0.2) is 12.2 Å². The second kappa shape index (κ2) is 3.29. The fraction of sp³-hybridized carbons (Fsp3) is 0.300. The van der Waals surface area contributed by atoms with Crippen molar-refractivity contribution in [1.29, 1.82) is 0 Å². The molecule has 3 heteroatoms. The SMILES string of the molecule is CC(C)C1=C=NC=Nc2sccc21. The van der Waals surface area contributed by atoms with Crippen LogP contribution in [0.1, 0.15) is 19.4 Å². The third-order valence-electron chi connectivity index (χ3n) is 1.93. The number of fused-ring (bicyclic) bond motifs is 1. The lowest BCUT2D eigenvalue weighted by molar-refractivity contribution is 0.862. The molecule has 0 saturated carbocycles. The number of hydrogen-bond acceptors (Lipinski definition) is 3. The van der Waals surface area contributed by atoms with Crippen LogP contribution in [0.5, 0.6) is 0 Å². The molecule has 0 saturated heterocycles. The average molecular weight is 190 g/mol. The summed E-state index contributed by atoms with van der Waals surface area (Å²) in [7, 11) is 0. The van der Waals surface area contributed by atoms with Crippen molar-refractivity contribution in [2.75, 3.05) is 0 Å². The third-order valence-corrected chi connectivity index (χ3v) is 2.75. The maximum atomic E-state index is 4.22. The lowest BCUT2D eigenvalue weighted by Crippen LogP contribution is -1.92. The monoisotopic (exact) mass is 190 g/mol. The van der Waals surface area contributed by atoms with Gasteiger partial charge in [0.05, 0.1) is 0 Å². The molecule has 0 spiro atoms. The summed E-state index contributed by atoms with van der Waals surface area (Å²) in [5, 5.41) is 3.09. The number of aliphatic imine (C=N–C) groups is 2. The molecule has 0 fully saturated rings. The Kier molecular flexibility index (Phi) is 2.13. The van der Waals surface area contributed by atoms with E-state index in [0.717, 1.165) is 10.6 Å². The molecule has 0 radical (unpaired) electrons. The molecule has 2 heterocycles. The molecule has 2 nitrogen and oxygen atoms in total. The van der Waals surface area contributed by atoms with Gasteiger partial charge in [-0.15, -0.1) is 11.3 Å². The van der Waals surface area contributed by atoms with Crippen molar-refractivity contribution in [3.8, 4) is 0 Å². The van der Waals surface area contributed by atoms with Gasteiger partial charge in [0.1, 0.15) is 11.3 Å². The fourth-order valence-electron chi connectivity index (χ4n) is 1.29. The largest absolute Gasteiger partial charge is 0.225 e. The van der Waals surface area contributed by atoms with Crippen LogP contribution in [0.25, 0.3) is 5.57 Å². The molecule has 1 aliphatic rings. The van der Waals surface area contributed by atoms with E-state index in [2.05, 4.69) is 41.1 Å². The first-order valence-corrected chi connectivity index (χ1v) is 5.10. The molecular weight excluding hydrogens is 180 g/mol. The number of rotatable bonds is 1. The molecule has 1 aromatic heterocycles. The fourth-order valence-corrected chi connectivity index (χ4v) is 2.03. The standard InChI is InChI=1S/C10H10N2S/c1-7(2)9-5-11-6-12-10-8(9)3-4-13-10/h3-4,6-7H,1-2H3. The van der Waals surface area contributed by atoms with Gasteiger partial charge in [-0.2, -0.15) is 4.99 Å². The minimum Gasteiger partial charge on any atom is -0.225 e. The Bertz CT molecular complexity index is 406. The highest BCUT2D eigenvalue weighted by Gasteiger charge is 2.13. The van der Waals surface area contributed by atoms with Crippen molar-refractivity contribution < 1.29 is 0 Å². The van der Waals surface area contributed by atoms with Crippen LogP contribution in [0.3, 0.4) is 0 Å². The van der Waals surface area contributed by atoms with Gasteiger partial charge in [-0.25, -0.2) is 4.99 Å². The highest BCUT2D eigenvalue weighted by atomic mass is 32.1. The van der Waals surface area contributed by atoms with Crippen molar-refractivity contribution >= 4 is 34.1 Å². The lowest BCUT2D eigenvalue weighted by Gasteiger charge is -2.05.